The number of carboxylic acid groups (broad SMARTS) is 1. The molecule has 0 saturated heterocycles. The molecule has 0 atom stereocenters. The lowest BCUT2D eigenvalue weighted by atomic mass is 10.2. The topological polar surface area (TPSA) is 67.8 Å². The van der Waals surface area contributed by atoms with Gasteiger partial charge in [0.2, 0.25) is 0 Å². The number of hydrogen-bond donors (Lipinski definition) is 2. The van der Waals surface area contributed by atoms with E-state index in [0.717, 1.165) is 23.6 Å². The van der Waals surface area contributed by atoms with Crippen LogP contribution in [0, 0.1) is 0 Å². The van der Waals surface area contributed by atoms with Crippen molar-refractivity contribution in [2.75, 3.05) is 25.1 Å². The van der Waals surface area contributed by atoms with Crippen LogP contribution in [-0.4, -0.2) is 30.8 Å². The molecule has 0 radical (unpaired) electrons. The highest BCUT2D eigenvalue weighted by atomic mass is 16.5. The summed E-state index contributed by atoms with van der Waals surface area (Å²) in [6.45, 7) is 3.34. The van der Waals surface area contributed by atoms with Crippen molar-refractivity contribution < 1.29 is 19.4 Å². The standard InChI is InChI=1S/C14H17NO4/c1-10(14(16)17)5-6-15-11-3-4-12-13(9-11)19-8-2-7-18-12/h3-5,9,15H,2,6-8H2,1H3,(H,16,17)/b10-5-. The highest BCUT2D eigenvalue weighted by Gasteiger charge is 2.10. The van der Waals surface area contributed by atoms with Gasteiger partial charge in [0.15, 0.2) is 11.5 Å². The van der Waals surface area contributed by atoms with E-state index in [9.17, 15) is 4.79 Å². The molecule has 1 aromatic carbocycles. The summed E-state index contributed by atoms with van der Waals surface area (Å²) in [6.07, 6.45) is 2.50. The molecule has 0 aromatic heterocycles. The number of anilines is 1. The molecule has 0 amide bonds. The Balaban J connectivity index is 2.00. The zero-order chi connectivity index (χ0) is 13.7. The molecule has 1 aliphatic heterocycles. The van der Waals surface area contributed by atoms with Crippen LogP contribution >= 0.6 is 0 Å². The Kier molecular flexibility index (Phi) is 4.28. The van der Waals surface area contributed by atoms with Crippen LogP contribution in [0.2, 0.25) is 0 Å². The molecule has 1 aromatic rings. The van der Waals surface area contributed by atoms with Crippen LogP contribution in [-0.2, 0) is 4.79 Å². The van der Waals surface area contributed by atoms with Gasteiger partial charge in [-0.2, -0.15) is 0 Å². The van der Waals surface area contributed by atoms with Crippen LogP contribution in [0.25, 0.3) is 0 Å². The van der Waals surface area contributed by atoms with Gasteiger partial charge in [-0.3, -0.25) is 0 Å². The summed E-state index contributed by atoms with van der Waals surface area (Å²) >= 11 is 0. The Morgan fingerprint density at radius 1 is 1.37 bits per heavy atom. The lowest BCUT2D eigenvalue weighted by molar-refractivity contribution is -0.132. The summed E-state index contributed by atoms with van der Waals surface area (Å²) in [7, 11) is 0. The minimum atomic E-state index is -0.902. The SMILES string of the molecule is C/C(=C/CNc1ccc2c(c1)OCCCO2)C(=O)O. The fourth-order valence-electron chi connectivity index (χ4n) is 1.68. The second-order valence-corrected chi connectivity index (χ2v) is 4.29. The van der Waals surface area contributed by atoms with Gasteiger partial charge < -0.3 is 19.9 Å². The molecule has 0 spiro atoms. The maximum Gasteiger partial charge on any atom is 0.331 e. The van der Waals surface area contributed by atoms with Crippen LogP contribution in [0.15, 0.2) is 29.8 Å². The first-order valence-corrected chi connectivity index (χ1v) is 6.20. The van der Waals surface area contributed by atoms with E-state index >= 15 is 0 Å². The summed E-state index contributed by atoms with van der Waals surface area (Å²) in [5.74, 6) is 0.571. The minimum absolute atomic E-state index is 0.321. The van der Waals surface area contributed by atoms with Gasteiger partial charge in [-0.15, -0.1) is 0 Å². The normalized spacial score (nSPS) is 14.7. The van der Waals surface area contributed by atoms with Gasteiger partial charge in [-0.05, 0) is 19.1 Å². The molecular weight excluding hydrogens is 246 g/mol. The van der Waals surface area contributed by atoms with Crippen molar-refractivity contribution in [3.8, 4) is 11.5 Å². The van der Waals surface area contributed by atoms with Gasteiger partial charge >= 0.3 is 5.97 Å². The van der Waals surface area contributed by atoms with Crippen LogP contribution in [0.3, 0.4) is 0 Å². The maximum absolute atomic E-state index is 10.6. The van der Waals surface area contributed by atoms with Gasteiger partial charge in [0.25, 0.3) is 0 Å². The van der Waals surface area contributed by atoms with E-state index in [2.05, 4.69) is 5.32 Å². The number of rotatable bonds is 4. The van der Waals surface area contributed by atoms with Crippen molar-refractivity contribution in [1.29, 1.82) is 0 Å². The molecule has 19 heavy (non-hydrogen) atoms. The Morgan fingerprint density at radius 3 is 2.84 bits per heavy atom. The molecule has 0 fully saturated rings. The molecule has 0 aliphatic carbocycles. The number of ether oxygens (including phenoxy) is 2. The molecule has 0 saturated carbocycles. The second kappa shape index (κ2) is 6.13. The third-order valence-corrected chi connectivity index (χ3v) is 2.80. The largest absolute Gasteiger partial charge is 0.490 e. The first kappa shape index (κ1) is 13.3. The Hall–Kier alpha value is -2.17. The van der Waals surface area contributed by atoms with Crippen molar-refractivity contribution in [2.45, 2.75) is 13.3 Å². The summed E-state index contributed by atoms with van der Waals surface area (Å²) in [4.78, 5) is 10.6. The Bertz CT molecular complexity index is 496. The lowest BCUT2D eigenvalue weighted by Crippen LogP contribution is -2.03. The average molecular weight is 263 g/mol. The number of benzene rings is 1. The molecule has 5 nitrogen and oxygen atoms in total. The van der Waals surface area contributed by atoms with E-state index in [1.807, 2.05) is 18.2 Å². The number of hydrogen-bond acceptors (Lipinski definition) is 4. The van der Waals surface area contributed by atoms with E-state index in [4.69, 9.17) is 14.6 Å². The molecule has 1 aliphatic rings. The van der Waals surface area contributed by atoms with E-state index in [-0.39, 0.29) is 0 Å². The highest BCUT2D eigenvalue weighted by molar-refractivity contribution is 5.85. The van der Waals surface area contributed by atoms with Gasteiger partial charge in [0.1, 0.15) is 0 Å². The molecular formula is C14H17NO4. The quantitative estimate of drug-likeness (QED) is 0.816. The molecule has 0 bridgehead atoms. The molecule has 5 heteroatoms. The number of carbonyl (C=O) groups is 1. The van der Waals surface area contributed by atoms with E-state index in [1.165, 1.54) is 0 Å². The molecule has 1 heterocycles. The smallest absolute Gasteiger partial charge is 0.331 e. The maximum atomic E-state index is 10.6. The summed E-state index contributed by atoms with van der Waals surface area (Å²) < 4.78 is 11.1. The Morgan fingerprint density at radius 2 is 2.11 bits per heavy atom. The monoisotopic (exact) mass is 263 g/mol. The van der Waals surface area contributed by atoms with Gasteiger partial charge in [-0.1, -0.05) is 6.08 Å². The predicted molar refractivity (Wildman–Crippen MR) is 71.9 cm³/mol. The van der Waals surface area contributed by atoms with Crippen molar-refractivity contribution >= 4 is 11.7 Å². The fraction of sp³-hybridized carbons (Fsp3) is 0.357. The highest BCUT2D eigenvalue weighted by Crippen LogP contribution is 2.32. The lowest BCUT2D eigenvalue weighted by Gasteiger charge is -2.10. The van der Waals surface area contributed by atoms with Crippen molar-refractivity contribution in [3.05, 3.63) is 29.8 Å². The molecule has 2 rings (SSSR count). The Labute approximate surface area is 111 Å². The van der Waals surface area contributed by atoms with Gasteiger partial charge in [0.05, 0.1) is 13.2 Å². The van der Waals surface area contributed by atoms with E-state index in [1.54, 1.807) is 13.0 Å². The van der Waals surface area contributed by atoms with Gasteiger partial charge in [0, 0.05) is 30.3 Å². The zero-order valence-electron chi connectivity index (χ0n) is 10.8. The molecule has 2 N–H and O–H groups in total. The first-order valence-electron chi connectivity index (χ1n) is 6.20. The van der Waals surface area contributed by atoms with Crippen molar-refractivity contribution in [2.24, 2.45) is 0 Å². The van der Waals surface area contributed by atoms with Crippen LogP contribution in [0.1, 0.15) is 13.3 Å². The average Bonchev–Trinajstić information content (AvgIpc) is 2.63. The molecule has 102 valence electrons. The fourth-order valence-corrected chi connectivity index (χ4v) is 1.68. The van der Waals surface area contributed by atoms with Crippen molar-refractivity contribution in [1.82, 2.24) is 0 Å². The molecule has 0 unspecified atom stereocenters. The van der Waals surface area contributed by atoms with Crippen LogP contribution < -0.4 is 14.8 Å². The van der Waals surface area contributed by atoms with Gasteiger partial charge in [-0.25, -0.2) is 4.79 Å². The van der Waals surface area contributed by atoms with Crippen molar-refractivity contribution in [3.63, 3.8) is 0 Å². The van der Waals surface area contributed by atoms with E-state index < -0.39 is 5.97 Å². The van der Waals surface area contributed by atoms with Crippen LogP contribution in [0.5, 0.6) is 11.5 Å². The third-order valence-electron chi connectivity index (χ3n) is 2.80. The summed E-state index contributed by atoms with van der Waals surface area (Å²) in [6, 6.07) is 5.61. The van der Waals surface area contributed by atoms with E-state index in [0.29, 0.717) is 25.3 Å². The predicted octanol–water partition coefficient (Wildman–Crippen LogP) is 2.29. The number of aliphatic carboxylic acids is 1. The number of nitrogens with one attached hydrogen (secondary N) is 1. The number of carboxylic acids is 1. The zero-order valence-corrected chi connectivity index (χ0v) is 10.8. The third kappa shape index (κ3) is 3.64. The summed E-state index contributed by atoms with van der Waals surface area (Å²) in [5.41, 5.74) is 1.19. The second-order valence-electron chi connectivity index (χ2n) is 4.29. The van der Waals surface area contributed by atoms with Crippen LogP contribution in [0.4, 0.5) is 5.69 Å². The minimum Gasteiger partial charge on any atom is -0.490 e. The number of fused-ring (bicyclic) bond motifs is 1. The first-order chi connectivity index (χ1) is 9.16. The summed E-state index contributed by atoms with van der Waals surface area (Å²) in [5, 5.41) is 11.9.